The SMILES string of the molecule is CCCCN(CCCC)C(=O)CN1CC(c2ccc3c(c2)OCO3)C(C(=O)O)[C@@H]1c1ccc(OC)cc1. The number of hydrogen-bond acceptors (Lipinski definition) is 6. The van der Waals surface area contributed by atoms with E-state index in [1.54, 1.807) is 7.11 Å². The number of carboxylic acid groups (broad SMARTS) is 1. The van der Waals surface area contributed by atoms with E-state index in [0.29, 0.717) is 23.8 Å². The summed E-state index contributed by atoms with van der Waals surface area (Å²) in [7, 11) is 1.60. The molecule has 3 atom stereocenters. The van der Waals surface area contributed by atoms with E-state index in [-0.39, 0.29) is 25.2 Å². The standard InChI is InChI=1S/C29H38N2O6/c1-4-6-14-30(15-7-5-2)26(32)18-31-17-23(21-10-13-24-25(16-21)37-19-36-24)27(29(33)34)28(31)20-8-11-22(35-3)12-9-20/h8-13,16,23,27-28H,4-7,14-15,17-19H2,1-3H3,(H,33,34)/t23?,27?,28-/m0/s1. The van der Waals surface area contributed by atoms with Crippen LogP contribution in [0.15, 0.2) is 42.5 Å². The van der Waals surface area contributed by atoms with Gasteiger partial charge in [0.2, 0.25) is 12.7 Å². The third kappa shape index (κ3) is 6.01. The van der Waals surface area contributed by atoms with Crippen LogP contribution in [-0.2, 0) is 9.59 Å². The number of unbranched alkanes of at least 4 members (excludes halogenated alkanes) is 2. The van der Waals surface area contributed by atoms with Crippen molar-refractivity contribution >= 4 is 11.9 Å². The number of rotatable bonds is 12. The van der Waals surface area contributed by atoms with Crippen molar-refractivity contribution < 1.29 is 28.9 Å². The molecule has 2 aliphatic rings. The van der Waals surface area contributed by atoms with Crippen molar-refractivity contribution in [3.8, 4) is 17.2 Å². The number of fused-ring (bicyclic) bond motifs is 1. The van der Waals surface area contributed by atoms with Crippen LogP contribution in [0.5, 0.6) is 17.2 Å². The molecule has 200 valence electrons. The van der Waals surface area contributed by atoms with Crippen LogP contribution in [0.3, 0.4) is 0 Å². The second kappa shape index (κ2) is 12.3. The Labute approximate surface area is 219 Å². The Morgan fingerprint density at radius 3 is 2.27 bits per heavy atom. The van der Waals surface area contributed by atoms with E-state index < -0.39 is 17.9 Å². The first kappa shape index (κ1) is 26.8. The van der Waals surface area contributed by atoms with Gasteiger partial charge in [-0.05, 0) is 48.2 Å². The molecule has 0 saturated carbocycles. The minimum absolute atomic E-state index is 0.0517. The molecule has 1 fully saturated rings. The number of benzene rings is 2. The zero-order valence-electron chi connectivity index (χ0n) is 22.0. The molecule has 0 spiro atoms. The molecule has 0 bridgehead atoms. The van der Waals surface area contributed by atoms with Gasteiger partial charge in [-0.1, -0.05) is 44.9 Å². The maximum absolute atomic E-state index is 13.5. The van der Waals surface area contributed by atoms with E-state index in [9.17, 15) is 14.7 Å². The van der Waals surface area contributed by atoms with Crippen LogP contribution in [0.2, 0.25) is 0 Å². The summed E-state index contributed by atoms with van der Waals surface area (Å²) in [6.07, 6.45) is 3.94. The van der Waals surface area contributed by atoms with Gasteiger partial charge in [-0.15, -0.1) is 0 Å². The van der Waals surface area contributed by atoms with Crippen LogP contribution in [0.1, 0.15) is 62.6 Å². The average molecular weight is 511 g/mol. The number of methoxy groups -OCH3 is 1. The van der Waals surface area contributed by atoms with Crippen LogP contribution in [0.4, 0.5) is 0 Å². The number of carbonyl (C=O) groups excluding carboxylic acids is 1. The van der Waals surface area contributed by atoms with Crippen molar-refractivity contribution in [2.75, 3.05) is 40.1 Å². The van der Waals surface area contributed by atoms with E-state index in [1.807, 2.05) is 52.3 Å². The molecule has 1 N–H and O–H groups in total. The summed E-state index contributed by atoms with van der Waals surface area (Å²) in [5.74, 6) is 0.113. The fourth-order valence-corrected chi connectivity index (χ4v) is 5.41. The molecule has 8 heteroatoms. The molecule has 2 aromatic rings. The van der Waals surface area contributed by atoms with Crippen molar-refractivity contribution in [2.24, 2.45) is 5.92 Å². The van der Waals surface area contributed by atoms with Crippen LogP contribution in [0.25, 0.3) is 0 Å². The van der Waals surface area contributed by atoms with Crippen LogP contribution in [-0.4, -0.2) is 66.9 Å². The molecule has 2 aliphatic heterocycles. The summed E-state index contributed by atoms with van der Waals surface area (Å²) in [5, 5.41) is 10.5. The molecule has 2 aromatic carbocycles. The average Bonchev–Trinajstić information content (AvgIpc) is 3.53. The van der Waals surface area contributed by atoms with E-state index in [4.69, 9.17) is 14.2 Å². The highest BCUT2D eigenvalue weighted by Crippen LogP contribution is 2.47. The maximum Gasteiger partial charge on any atom is 0.309 e. The molecule has 0 aliphatic carbocycles. The largest absolute Gasteiger partial charge is 0.497 e. The Hall–Kier alpha value is -3.26. The lowest BCUT2D eigenvalue weighted by atomic mass is 9.82. The number of hydrogen-bond donors (Lipinski definition) is 1. The van der Waals surface area contributed by atoms with Gasteiger partial charge < -0.3 is 24.2 Å². The maximum atomic E-state index is 13.5. The fraction of sp³-hybridized carbons (Fsp3) is 0.517. The Bertz CT molecular complexity index is 1060. The number of likely N-dealkylation sites (tertiary alicyclic amines) is 1. The predicted molar refractivity (Wildman–Crippen MR) is 140 cm³/mol. The Balaban J connectivity index is 1.67. The fourth-order valence-electron chi connectivity index (χ4n) is 5.41. The van der Waals surface area contributed by atoms with Crippen molar-refractivity contribution in [1.29, 1.82) is 0 Å². The molecule has 1 amide bonds. The third-order valence-electron chi connectivity index (χ3n) is 7.42. The highest BCUT2D eigenvalue weighted by Gasteiger charge is 2.48. The summed E-state index contributed by atoms with van der Waals surface area (Å²) in [6.45, 7) is 6.48. The van der Waals surface area contributed by atoms with Gasteiger partial charge in [-0.3, -0.25) is 14.5 Å². The first-order chi connectivity index (χ1) is 18.0. The van der Waals surface area contributed by atoms with E-state index in [1.165, 1.54) is 0 Å². The van der Waals surface area contributed by atoms with E-state index in [2.05, 4.69) is 13.8 Å². The number of nitrogens with zero attached hydrogens (tertiary/aromatic N) is 2. The van der Waals surface area contributed by atoms with E-state index in [0.717, 1.165) is 49.9 Å². The number of carbonyl (C=O) groups is 2. The monoisotopic (exact) mass is 510 g/mol. The second-order valence-electron chi connectivity index (χ2n) is 9.82. The summed E-state index contributed by atoms with van der Waals surface area (Å²) < 4.78 is 16.3. The number of amides is 1. The van der Waals surface area contributed by atoms with E-state index >= 15 is 0 Å². The Kier molecular flexibility index (Phi) is 8.92. The quantitative estimate of drug-likeness (QED) is 0.443. The number of ether oxygens (including phenoxy) is 3. The molecule has 8 nitrogen and oxygen atoms in total. The summed E-state index contributed by atoms with van der Waals surface area (Å²) >= 11 is 0. The van der Waals surface area contributed by atoms with Crippen molar-refractivity contribution in [3.63, 3.8) is 0 Å². The molecule has 1 saturated heterocycles. The summed E-state index contributed by atoms with van der Waals surface area (Å²) in [5.41, 5.74) is 1.73. The lowest BCUT2D eigenvalue weighted by Crippen LogP contribution is -2.42. The third-order valence-corrected chi connectivity index (χ3v) is 7.42. The lowest BCUT2D eigenvalue weighted by Gasteiger charge is -2.30. The molecular weight excluding hydrogens is 472 g/mol. The zero-order valence-corrected chi connectivity index (χ0v) is 22.0. The second-order valence-corrected chi connectivity index (χ2v) is 9.82. The van der Waals surface area contributed by atoms with Gasteiger partial charge in [-0.25, -0.2) is 0 Å². The summed E-state index contributed by atoms with van der Waals surface area (Å²) in [6, 6.07) is 12.7. The topological polar surface area (TPSA) is 88.5 Å². The normalized spacial score (nSPS) is 20.7. The predicted octanol–water partition coefficient (Wildman–Crippen LogP) is 4.69. The molecule has 0 radical (unpaired) electrons. The number of aliphatic carboxylic acids is 1. The van der Waals surface area contributed by atoms with Gasteiger partial charge in [0.25, 0.3) is 0 Å². The van der Waals surface area contributed by atoms with Gasteiger partial charge in [0.1, 0.15) is 5.75 Å². The smallest absolute Gasteiger partial charge is 0.309 e. The van der Waals surface area contributed by atoms with Crippen LogP contribution >= 0.6 is 0 Å². The van der Waals surface area contributed by atoms with Crippen molar-refractivity contribution in [3.05, 3.63) is 53.6 Å². The number of carboxylic acids is 1. The molecular formula is C29H38N2O6. The highest BCUT2D eigenvalue weighted by atomic mass is 16.7. The zero-order chi connectivity index (χ0) is 26.4. The minimum atomic E-state index is -0.882. The van der Waals surface area contributed by atoms with Gasteiger partial charge in [0.15, 0.2) is 11.5 Å². The Morgan fingerprint density at radius 1 is 1.00 bits per heavy atom. The van der Waals surface area contributed by atoms with Crippen LogP contribution < -0.4 is 14.2 Å². The van der Waals surface area contributed by atoms with Gasteiger partial charge in [0.05, 0.1) is 19.6 Å². The van der Waals surface area contributed by atoms with Crippen molar-refractivity contribution in [2.45, 2.75) is 51.5 Å². The van der Waals surface area contributed by atoms with Gasteiger partial charge >= 0.3 is 5.97 Å². The molecule has 2 unspecified atom stereocenters. The lowest BCUT2D eigenvalue weighted by molar-refractivity contribution is -0.144. The molecule has 37 heavy (non-hydrogen) atoms. The Morgan fingerprint density at radius 2 is 1.65 bits per heavy atom. The molecule has 0 aromatic heterocycles. The first-order valence-corrected chi connectivity index (χ1v) is 13.2. The van der Waals surface area contributed by atoms with Gasteiger partial charge in [0, 0.05) is 31.6 Å². The minimum Gasteiger partial charge on any atom is -0.497 e. The van der Waals surface area contributed by atoms with Crippen molar-refractivity contribution in [1.82, 2.24) is 9.80 Å². The first-order valence-electron chi connectivity index (χ1n) is 13.2. The highest BCUT2D eigenvalue weighted by molar-refractivity contribution is 5.79. The molecule has 2 heterocycles. The van der Waals surface area contributed by atoms with Gasteiger partial charge in [-0.2, -0.15) is 0 Å². The van der Waals surface area contributed by atoms with Crippen LogP contribution in [0, 0.1) is 5.92 Å². The summed E-state index contributed by atoms with van der Waals surface area (Å²) in [4.78, 5) is 30.3. The molecule has 4 rings (SSSR count).